The average Bonchev–Trinajstić information content (AvgIpc) is 3.67. The Morgan fingerprint density at radius 3 is 2.41 bits per heavy atom. The van der Waals surface area contributed by atoms with Crippen LogP contribution in [0.5, 0.6) is 5.75 Å². The van der Waals surface area contributed by atoms with Gasteiger partial charge in [0.05, 0.1) is 12.2 Å². The standard InChI is InChI=1S/C26H31N3O5/c1-17-14-29(15-18(2)34-17)26(32)21-8-6-19(7-9-21)13-27-24(30)16-33-23-5-3-4-22(12-23)28-25(31)20-10-11-20/h3-9,12,17-18,20H,10-11,13-16H2,1-2H3,(H,27,30)(H,28,31). The Labute approximate surface area is 199 Å². The highest BCUT2D eigenvalue weighted by atomic mass is 16.5. The number of carbonyl (C=O) groups is 3. The van der Waals surface area contributed by atoms with Crippen molar-refractivity contribution in [2.45, 2.75) is 45.4 Å². The first kappa shape index (κ1) is 23.8. The molecule has 2 aliphatic rings. The van der Waals surface area contributed by atoms with Gasteiger partial charge in [0.2, 0.25) is 5.91 Å². The van der Waals surface area contributed by atoms with Gasteiger partial charge >= 0.3 is 0 Å². The highest BCUT2D eigenvalue weighted by molar-refractivity contribution is 5.94. The first-order valence-corrected chi connectivity index (χ1v) is 11.7. The summed E-state index contributed by atoms with van der Waals surface area (Å²) in [5.41, 5.74) is 2.16. The van der Waals surface area contributed by atoms with Gasteiger partial charge in [0.15, 0.2) is 6.61 Å². The quantitative estimate of drug-likeness (QED) is 0.625. The molecule has 2 aromatic carbocycles. The normalized spacial score (nSPS) is 19.9. The molecule has 34 heavy (non-hydrogen) atoms. The van der Waals surface area contributed by atoms with E-state index in [0.29, 0.717) is 36.6 Å². The molecule has 2 aromatic rings. The van der Waals surface area contributed by atoms with Crippen LogP contribution in [-0.2, 0) is 20.9 Å². The third-order valence-corrected chi connectivity index (χ3v) is 5.82. The fourth-order valence-electron chi connectivity index (χ4n) is 3.95. The van der Waals surface area contributed by atoms with Crippen LogP contribution < -0.4 is 15.4 Å². The van der Waals surface area contributed by atoms with Gasteiger partial charge in [0.1, 0.15) is 5.75 Å². The van der Waals surface area contributed by atoms with Gasteiger partial charge in [-0.2, -0.15) is 0 Å². The molecule has 1 saturated carbocycles. The average molecular weight is 466 g/mol. The number of carbonyl (C=O) groups excluding carboxylic acids is 3. The Morgan fingerprint density at radius 2 is 1.74 bits per heavy atom. The predicted molar refractivity (Wildman–Crippen MR) is 127 cm³/mol. The maximum Gasteiger partial charge on any atom is 0.258 e. The molecular formula is C26H31N3O5. The molecule has 8 heteroatoms. The molecule has 1 saturated heterocycles. The minimum atomic E-state index is -0.260. The Morgan fingerprint density at radius 1 is 1.03 bits per heavy atom. The monoisotopic (exact) mass is 465 g/mol. The second-order valence-electron chi connectivity index (χ2n) is 9.02. The maximum atomic E-state index is 12.8. The summed E-state index contributed by atoms with van der Waals surface area (Å²) >= 11 is 0. The first-order valence-electron chi connectivity index (χ1n) is 11.7. The molecule has 2 N–H and O–H groups in total. The van der Waals surface area contributed by atoms with Crippen molar-refractivity contribution in [2.75, 3.05) is 25.0 Å². The van der Waals surface area contributed by atoms with E-state index in [1.54, 1.807) is 36.4 Å². The lowest BCUT2D eigenvalue weighted by molar-refractivity contribution is -0.123. The largest absolute Gasteiger partial charge is 0.484 e. The second kappa shape index (κ2) is 10.7. The molecule has 4 rings (SSSR count). The molecule has 0 spiro atoms. The number of nitrogens with zero attached hydrogens (tertiary/aromatic N) is 1. The Kier molecular flexibility index (Phi) is 7.47. The van der Waals surface area contributed by atoms with E-state index in [9.17, 15) is 14.4 Å². The topological polar surface area (TPSA) is 97.0 Å². The molecule has 2 fully saturated rings. The van der Waals surface area contributed by atoms with Crippen LogP contribution in [0.15, 0.2) is 48.5 Å². The van der Waals surface area contributed by atoms with Crippen molar-refractivity contribution in [3.63, 3.8) is 0 Å². The number of hydrogen-bond donors (Lipinski definition) is 2. The van der Waals surface area contributed by atoms with Crippen molar-refractivity contribution in [2.24, 2.45) is 5.92 Å². The third kappa shape index (κ3) is 6.57. The van der Waals surface area contributed by atoms with Gasteiger partial charge in [-0.05, 0) is 56.5 Å². The zero-order valence-electron chi connectivity index (χ0n) is 19.6. The lowest BCUT2D eigenvalue weighted by Crippen LogP contribution is -2.48. The van der Waals surface area contributed by atoms with Crippen LogP contribution in [0, 0.1) is 5.92 Å². The number of amides is 3. The maximum absolute atomic E-state index is 12.8. The van der Waals surface area contributed by atoms with Gasteiger partial charge in [-0.15, -0.1) is 0 Å². The van der Waals surface area contributed by atoms with E-state index in [-0.39, 0.29) is 42.5 Å². The van der Waals surface area contributed by atoms with E-state index in [1.165, 1.54) is 0 Å². The van der Waals surface area contributed by atoms with E-state index < -0.39 is 0 Å². The van der Waals surface area contributed by atoms with Crippen molar-refractivity contribution in [3.8, 4) is 5.75 Å². The Balaban J connectivity index is 1.22. The number of morpholine rings is 1. The van der Waals surface area contributed by atoms with Crippen LogP contribution in [0.1, 0.15) is 42.6 Å². The zero-order valence-corrected chi connectivity index (χ0v) is 19.6. The smallest absolute Gasteiger partial charge is 0.258 e. The highest BCUT2D eigenvalue weighted by Crippen LogP contribution is 2.30. The van der Waals surface area contributed by atoms with Gasteiger partial charge in [-0.25, -0.2) is 0 Å². The van der Waals surface area contributed by atoms with E-state index in [2.05, 4.69) is 10.6 Å². The second-order valence-corrected chi connectivity index (χ2v) is 9.02. The van der Waals surface area contributed by atoms with Gasteiger partial charge in [-0.1, -0.05) is 18.2 Å². The molecule has 1 heterocycles. The van der Waals surface area contributed by atoms with E-state index in [0.717, 1.165) is 18.4 Å². The van der Waals surface area contributed by atoms with Crippen molar-refractivity contribution in [1.29, 1.82) is 0 Å². The molecule has 0 aromatic heterocycles. The molecule has 2 unspecified atom stereocenters. The van der Waals surface area contributed by atoms with E-state index in [4.69, 9.17) is 9.47 Å². The summed E-state index contributed by atoms with van der Waals surface area (Å²) in [5.74, 6) is 0.384. The molecule has 1 aliphatic carbocycles. The van der Waals surface area contributed by atoms with Crippen molar-refractivity contribution in [3.05, 3.63) is 59.7 Å². The number of anilines is 1. The number of ether oxygens (including phenoxy) is 2. The fraction of sp³-hybridized carbons (Fsp3) is 0.423. The molecule has 8 nitrogen and oxygen atoms in total. The van der Waals surface area contributed by atoms with E-state index in [1.807, 2.05) is 30.9 Å². The molecular weight excluding hydrogens is 434 g/mol. The molecule has 0 bridgehead atoms. The van der Waals surface area contributed by atoms with Crippen LogP contribution in [0.25, 0.3) is 0 Å². The van der Waals surface area contributed by atoms with Crippen LogP contribution in [0.4, 0.5) is 5.69 Å². The lowest BCUT2D eigenvalue weighted by Gasteiger charge is -2.35. The molecule has 1 aliphatic heterocycles. The summed E-state index contributed by atoms with van der Waals surface area (Å²) in [6.45, 7) is 5.29. The predicted octanol–water partition coefficient (Wildman–Crippen LogP) is 2.98. The van der Waals surface area contributed by atoms with Gasteiger partial charge < -0.3 is 25.0 Å². The summed E-state index contributed by atoms with van der Waals surface area (Å²) < 4.78 is 11.3. The van der Waals surface area contributed by atoms with Gasteiger partial charge in [-0.3, -0.25) is 14.4 Å². The summed E-state index contributed by atoms with van der Waals surface area (Å²) in [6.07, 6.45) is 1.92. The summed E-state index contributed by atoms with van der Waals surface area (Å²) in [6, 6.07) is 14.3. The van der Waals surface area contributed by atoms with Crippen LogP contribution in [-0.4, -0.2) is 54.5 Å². The summed E-state index contributed by atoms with van der Waals surface area (Å²) in [4.78, 5) is 38.7. The SMILES string of the molecule is CC1CN(C(=O)c2ccc(CNC(=O)COc3cccc(NC(=O)C4CC4)c3)cc2)CC(C)O1. The zero-order chi connectivity index (χ0) is 24.1. The minimum Gasteiger partial charge on any atom is -0.484 e. The minimum absolute atomic E-state index is 0.0125. The molecule has 2 atom stereocenters. The number of benzene rings is 2. The highest BCUT2D eigenvalue weighted by Gasteiger charge is 2.29. The summed E-state index contributed by atoms with van der Waals surface area (Å²) in [5, 5.41) is 5.68. The van der Waals surface area contributed by atoms with Crippen LogP contribution >= 0.6 is 0 Å². The number of nitrogens with one attached hydrogen (secondary N) is 2. The van der Waals surface area contributed by atoms with Crippen molar-refractivity contribution >= 4 is 23.4 Å². The van der Waals surface area contributed by atoms with Gasteiger partial charge in [0.25, 0.3) is 11.8 Å². The first-order chi connectivity index (χ1) is 16.4. The van der Waals surface area contributed by atoms with Gasteiger partial charge in [0, 0.05) is 42.9 Å². The molecule has 0 radical (unpaired) electrons. The summed E-state index contributed by atoms with van der Waals surface area (Å²) in [7, 11) is 0. The van der Waals surface area contributed by atoms with Crippen LogP contribution in [0.2, 0.25) is 0 Å². The van der Waals surface area contributed by atoms with Crippen LogP contribution in [0.3, 0.4) is 0 Å². The molecule has 3 amide bonds. The lowest BCUT2D eigenvalue weighted by atomic mass is 10.1. The number of rotatable bonds is 8. The number of hydrogen-bond acceptors (Lipinski definition) is 5. The van der Waals surface area contributed by atoms with Crippen molar-refractivity contribution < 1.29 is 23.9 Å². The molecule has 180 valence electrons. The Bertz CT molecular complexity index is 1020. The van der Waals surface area contributed by atoms with E-state index >= 15 is 0 Å². The van der Waals surface area contributed by atoms with Crippen molar-refractivity contribution in [1.82, 2.24) is 10.2 Å². The Hall–Kier alpha value is -3.39. The third-order valence-electron chi connectivity index (χ3n) is 5.82. The fourth-order valence-corrected chi connectivity index (χ4v) is 3.95.